The molecule has 0 aliphatic rings. The molecule has 150 valence electrons. The molecule has 0 fully saturated rings. The Hall–Kier alpha value is -4.26. The van der Waals surface area contributed by atoms with E-state index in [1.165, 1.54) is 24.3 Å². The highest BCUT2D eigenvalue weighted by molar-refractivity contribution is 6.05. The quantitative estimate of drug-likeness (QED) is 0.352. The molecule has 3 rings (SSSR count). The average Bonchev–Trinajstić information content (AvgIpc) is 2.74. The zero-order chi connectivity index (χ0) is 21.5. The van der Waals surface area contributed by atoms with E-state index in [2.05, 4.69) is 10.6 Å². The number of nitro benzene ring substituents is 1. The van der Waals surface area contributed by atoms with Gasteiger partial charge in [-0.2, -0.15) is 0 Å². The van der Waals surface area contributed by atoms with Gasteiger partial charge in [-0.05, 0) is 54.5 Å². The number of hydrogen-bond acceptors (Lipinski definition) is 4. The van der Waals surface area contributed by atoms with Gasteiger partial charge in [0.2, 0.25) is 5.91 Å². The maximum absolute atomic E-state index is 12.4. The van der Waals surface area contributed by atoms with Crippen molar-refractivity contribution in [2.24, 2.45) is 0 Å². The van der Waals surface area contributed by atoms with Gasteiger partial charge in [-0.1, -0.05) is 30.3 Å². The summed E-state index contributed by atoms with van der Waals surface area (Å²) in [6, 6.07) is 20.0. The average molecular weight is 401 g/mol. The third-order valence-electron chi connectivity index (χ3n) is 4.31. The fraction of sp³-hybridized carbons (Fsp3) is 0.0435. The van der Waals surface area contributed by atoms with Gasteiger partial charge in [-0.15, -0.1) is 0 Å². The van der Waals surface area contributed by atoms with E-state index >= 15 is 0 Å². The van der Waals surface area contributed by atoms with Crippen LogP contribution in [0.15, 0.2) is 78.9 Å². The molecule has 0 aromatic heterocycles. The zero-order valence-electron chi connectivity index (χ0n) is 16.2. The van der Waals surface area contributed by atoms with Gasteiger partial charge in [0.25, 0.3) is 11.6 Å². The molecule has 3 aromatic carbocycles. The Bertz CT molecular complexity index is 1120. The van der Waals surface area contributed by atoms with E-state index in [-0.39, 0.29) is 17.5 Å². The van der Waals surface area contributed by atoms with Gasteiger partial charge < -0.3 is 10.6 Å². The minimum atomic E-state index is -0.489. The van der Waals surface area contributed by atoms with Crippen LogP contribution in [0.2, 0.25) is 0 Å². The number of nitrogens with one attached hydrogen (secondary N) is 2. The van der Waals surface area contributed by atoms with E-state index in [0.717, 1.165) is 5.56 Å². The van der Waals surface area contributed by atoms with Gasteiger partial charge in [0.15, 0.2) is 0 Å². The molecule has 0 heterocycles. The molecule has 7 nitrogen and oxygen atoms in total. The van der Waals surface area contributed by atoms with Crippen LogP contribution in [0.5, 0.6) is 0 Å². The first-order valence-electron chi connectivity index (χ1n) is 9.13. The van der Waals surface area contributed by atoms with E-state index in [0.29, 0.717) is 22.5 Å². The summed E-state index contributed by atoms with van der Waals surface area (Å²) in [4.78, 5) is 34.8. The topological polar surface area (TPSA) is 101 Å². The SMILES string of the molecule is Cc1ccccc1C(=O)Nc1ccc(NC(=O)/C=C/c2cccc([N+](=O)[O-])c2)cc1. The van der Waals surface area contributed by atoms with Crippen LogP contribution in [0.4, 0.5) is 17.1 Å². The van der Waals surface area contributed by atoms with Crippen molar-refractivity contribution in [2.75, 3.05) is 10.6 Å². The first-order chi connectivity index (χ1) is 14.4. The van der Waals surface area contributed by atoms with Crippen molar-refractivity contribution < 1.29 is 14.5 Å². The molecule has 30 heavy (non-hydrogen) atoms. The minimum Gasteiger partial charge on any atom is -0.323 e. The second-order valence-corrected chi connectivity index (χ2v) is 6.52. The number of hydrogen-bond donors (Lipinski definition) is 2. The van der Waals surface area contributed by atoms with E-state index < -0.39 is 4.92 Å². The number of aryl methyl sites for hydroxylation is 1. The lowest BCUT2D eigenvalue weighted by Crippen LogP contribution is -2.13. The maximum Gasteiger partial charge on any atom is 0.270 e. The van der Waals surface area contributed by atoms with Crippen molar-refractivity contribution >= 4 is 35.0 Å². The fourth-order valence-corrected chi connectivity index (χ4v) is 2.76. The molecular formula is C23H19N3O4. The number of anilines is 2. The van der Waals surface area contributed by atoms with Crippen LogP contribution in [0.25, 0.3) is 6.08 Å². The van der Waals surface area contributed by atoms with E-state index in [9.17, 15) is 19.7 Å². The van der Waals surface area contributed by atoms with Crippen molar-refractivity contribution in [2.45, 2.75) is 6.92 Å². The molecule has 0 radical (unpaired) electrons. The summed E-state index contributed by atoms with van der Waals surface area (Å²) in [6.07, 6.45) is 2.80. The Balaban J connectivity index is 1.59. The zero-order valence-corrected chi connectivity index (χ0v) is 16.2. The molecule has 0 aliphatic carbocycles. The molecule has 2 amide bonds. The van der Waals surface area contributed by atoms with Crippen LogP contribution in [0.3, 0.4) is 0 Å². The number of nitrogens with zero attached hydrogens (tertiary/aromatic N) is 1. The van der Waals surface area contributed by atoms with Crippen LogP contribution in [0.1, 0.15) is 21.5 Å². The third-order valence-corrected chi connectivity index (χ3v) is 4.31. The highest BCUT2D eigenvalue weighted by Crippen LogP contribution is 2.17. The number of carbonyl (C=O) groups is 2. The highest BCUT2D eigenvalue weighted by atomic mass is 16.6. The first kappa shape index (κ1) is 20.5. The predicted octanol–water partition coefficient (Wildman–Crippen LogP) is 4.81. The van der Waals surface area contributed by atoms with Crippen molar-refractivity contribution in [1.29, 1.82) is 0 Å². The second kappa shape index (κ2) is 9.29. The normalized spacial score (nSPS) is 10.6. The van der Waals surface area contributed by atoms with Crippen LogP contribution in [-0.4, -0.2) is 16.7 Å². The lowest BCUT2D eigenvalue weighted by molar-refractivity contribution is -0.384. The second-order valence-electron chi connectivity index (χ2n) is 6.52. The number of nitro groups is 1. The highest BCUT2D eigenvalue weighted by Gasteiger charge is 2.09. The molecule has 3 aromatic rings. The van der Waals surface area contributed by atoms with E-state index in [4.69, 9.17) is 0 Å². The van der Waals surface area contributed by atoms with Gasteiger partial charge >= 0.3 is 0 Å². The molecule has 2 N–H and O–H groups in total. The Morgan fingerprint density at radius 1 is 0.900 bits per heavy atom. The van der Waals surface area contributed by atoms with Crippen LogP contribution in [-0.2, 0) is 4.79 Å². The Kier molecular flexibility index (Phi) is 6.34. The number of amides is 2. The molecule has 0 spiro atoms. The number of carbonyl (C=O) groups excluding carboxylic acids is 2. The van der Waals surface area contributed by atoms with Gasteiger partial charge in [0.1, 0.15) is 0 Å². The lowest BCUT2D eigenvalue weighted by atomic mass is 10.1. The number of rotatable bonds is 6. The van der Waals surface area contributed by atoms with Gasteiger partial charge in [0, 0.05) is 35.1 Å². The molecular weight excluding hydrogens is 382 g/mol. The summed E-state index contributed by atoms with van der Waals surface area (Å²) in [5, 5.41) is 16.3. The van der Waals surface area contributed by atoms with Gasteiger partial charge in [0.05, 0.1) is 4.92 Å². The number of non-ortho nitro benzene ring substituents is 1. The van der Waals surface area contributed by atoms with Gasteiger partial charge in [-0.3, -0.25) is 19.7 Å². The first-order valence-corrected chi connectivity index (χ1v) is 9.13. The van der Waals surface area contributed by atoms with Crippen LogP contribution >= 0.6 is 0 Å². The lowest BCUT2D eigenvalue weighted by Gasteiger charge is -2.08. The standard InChI is InChI=1S/C23H19N3O4/c1-16-5-2-3-8-21(16)23(28)25-19-12-10-18(11-13-19)24-22(27)14-9-17-6-4-7-20(15-17)26(29)30/h2-15H,1H3,(H,24,27)(H,25,28)/b14-9+. The summed E-state index contributed by atoms with van der Waals surface area (Å²) in [5.74, 6) is -0.581. The Morgan fingerprint density at radius 2 is 1.57 bits per heavy atom. The molecule has 0 saturated heterocycles. The van der Waals surface area contributed by atoms with Crippen molar-refractivity contribution in [3.8, 4) is 0 Å². The third kappa shape index (κ3) is 5.39. The largest absolute Gasteiger partial charge is 0.323 e. The smallest absolute Gasteiger partial charge is 0.270 e. The summed E-state index contributed by atoms with van der Waals surface area (Å²) >= 11 is 0. The summed E-state index contributed by atoms with van der Waals surface area (Å²) in [5.41, 5.74) is 3.15. The van der Waals surface area contributed by atoms with E-state index in [1.807, 2.05) is 25.1 Å². The Labute approximate surface area is 173 Å². The van der Waals surface area contributed by atoms with Gasteiger partial charge in [-0.25, -0.2) is 0 Å². The predicted molar refractivity (Wildman–Crippen MR) is 116 cm³/mol. The molecule has 0 atom stereocenters. The molecule has 0 bridgehead atoms. The molecule has 7 heteroatoms. The molecule has 0 aliphatic heterocycles. The van der Waals surface area contributed by atoms with Crippen molar-refractivity contribution in [1.82, 2.24) is 0 Å². The maximum atomic E-state index is 12.4. The van der Waals surface area contributed by atoms with Crippen molar-refractivity contribution in [3.05, 3.63) is 106 Å². The van der Waals surface area contributed by atoms with Crippen LogP contribution < -0.4 is 10.6 Å². The summed E-state index contributed by atoms with van der Waals surface area (Å²) in [7, 11) is 0. The molecule has 0 saturated carbocycles. The monoisotopic (exact) mass is 401 g/mol. The Morgan fingerprint density at radius 3 is 2.23 bits per heavy atom. The number of benzene rings is 3. The van der Waals surface area contributed by atoms with Crippen LogP contribution in [0, 0.1) is 17.0 Å². The molecule has 0 unspecified atom stereocenters. The summed E-state index contributed by atoms with van der Waals surface area (Å²) in [6.45, 7) is 1.87. The summed E-state index contributed by atoms with van der Waals surface area (Å²) < 4.78 is 0. The fourth-order valence-electron chi connectivity index (χ4n) is 2.76. The van der Waals surface area contributed by atoms with E-state index in [1.54, 1.807) is 42.5 Å². The minimum absolute atomic E-state index is 0.0408. The van der Waals surface area contributed by atoms with Crippen molar-refractivity contribution in [3.63, 3.8) is 0 Å².